The molecule has 0 fully saturated rings. The number of benzene rings is 1. The molecule has 1 atom stereocenters. The van der Waals surface area contributed by atoms with Crippen LogP contribution in [0.5, 0.6) is 0 Å². The van der Waals surface area contributed by atoms with Gasteiger partial charge in [-0.1, -0.05) is 12.1 Å². The van der Waals surface area contributed by atoms with Crippen LogP contribution in [0.4, 0.5) is 4.39 Å². The summed E-state index contributed by atoms with van der Waals surface area (Å²) in [5.41, 5.74) is 1.07. The summed E-state index contributed by atoms with van der Waals surface area (Å²) in [5, 5.41) is 0. The zero-order chi connectivity index (χ0) is 10.4. The maximum Gasteiger partial charge on any atom is 0.123 e. The number of halogens is 2. The molecule has 0 saturated carbocycles. The molecular weight excluding hydrogens is 203 g/mol. The molecule has 0 bridgehead atoms. The Kier molecular flexibility index (Phi) is 4.91. The van der Waals surface area contributed by atoms with Crippen LogP contribution in [0.3, 0.4) is 0 Å². The van der Waals surface area contributed by atoms with E-state index in [1.54, 1.807) is 19.2 Å². The number of alkyl halides is 1. The van der Waals surface area contributed by atoms with E-state index in [0.717, 1.165) is 12.0 Å². The van der Waals surface area contributed by atoms with Crippen LogP contribution in [0.2, 0.25) is 0 Å². The number of hydrogen-bond donors (Lipinski definition) is 0. The van der Waals surface area contributed by atoms with Gasteiger partial charge in [0.05, 0.1) is 0 Å². The quantitative estimate of drug-likeness (QED) is 0.687. The minimum absolute atomic E-state index is 0.214. The van der Waals surface area contributed by atoms with Crippen molar-refractivity contribution in [3.63, 3.8) is 0 Å². The van der Waals surface area contributed by atoms with Gasteiger partial charge < -0.3 is 4.74 Å². The highest BCUT2D eigenvalue weighted by atomic mass is 35.5. The average molecular weight is 217 g/mol. The van der Waals surface area contributed by atoms with Crippen molar-refractivity contribution in [1.82, 2.24) is 0 Å². The fraction of sp³-hybridized carbons (Fsp3) is 0.455. The van der Waals surface area contributed by atoms with Crippen LogP contribution in [0.15, 0.2) is 24.3 Å². The van der Waals surface area contributed by atoms with E-state index in [0.29, 0.717) is 12.5 Å². The molecule has 1 aromatic carbocycles. The Bertz CT molecular complexity index is 260. The first-order valence-corrected chi connectivity index (χ1v) is 5.11. The van der Waals surface area contributed by atoms with Gasteiger partial charge in [-0.05, 0) is 30.0 Å². The predicted molar refractivity (Wildman–Crippen MR) is 56.4 cm³/mol. The smallest absolute Gasteiger partial charge is 0.123 e. The lowest BCUT2D eigenvalue weighted by Gasteiger charge is -2.13. The highest BCUT2D eigenvalue weighted by Gasteiger charge is 2.09. The Hall–Kier alpha value is -0.600. The standard InChI is InChI=1S/C11H14ClFO/c1-14-7-6-10(8-12)9-2-4-11(13)5-3-9/h2-5,10H,6-8H2,1H3. The van der Waals surface area contributed by atoms with Gasteiger partial charge in [0.25, 0.3) is 0 Å². The first-order chi connectivity index (χ1) is 6.77. The van der Waals surface area contributed by atoms with Gasteiger partial charge in [0.2, 0.25) is 0 Å². The molecule has 14 heavy (non-hydrogen) atoms. The molecular formula is C11H14ClFO. The summed E-state index contributed by atoms with van der Waals surface area (Å²) in [4.78, 5) is 0. The van der Waals surface area contributed by atoms with Crippen LogP contribution < -0.4 is 0 Å². The summed E-state index contributed by atoms with van der Waals surface area (Å²) in [7, 11) is 1.66. The van der Waals surface area contributed by atoms with Gasteiger partial charge >= 0.3 is 0 Å². The molecule has 0 N–H and O–H groups in total. The number of ether oxygens (including phenoxy) is 1. The Morgan fingerprint density at radius 1 is 1.36 bits per heavy atom. The minimum Gasteiger partial charge on any atom is -0.385 e. The second-order valence-corrected chi connectivity index (χ2v) is 3.49. The van der Waals surface area contributed by atoms with Crippen LogP contribution in [0.1, 0.15) is 17.9 Å². The van der Waals surface area contributed by atoms with Gasteiger partial charge in [0, 0.05) is 19.6 Å². The molecule has 0 aliphatic carbocycles. The van der Waals surface area contributed by atoms with Crippen LogP contribution in [-0.4, -0.2) is 19.6 Å². The van der Waals surface area contributed by atoms with Gasteiger partial charge in [0.15, 0.2) is 0 Å². The van der Waals surface area contributed by atoms with Crippen LogP contribution in [0.25, 0.3) is 0 Å². The Morgan fingerprint density at radius 2 is 2.00 bits per heavy atom. The van der Waals surface area contributed by atoms with Crippen molar-refractivity contribution in [2.75, 3.05) is 19.6 Å². The lowest BCUT2D eigenvalue weighted by Crippen LogP contribution is -2.04. The molecule has 1 aromatic rings. The molecule has 0 spiro atoms. The summed E-state index contributed by atoms with van der Waals surface area (Å²) in [6.07, 6.45) is 0.867. The molecule has 0 heterocycles. The van der Waals surface area contributed by atoms with Gasteiger partial charge in [0.1, 0.15) is 5.82 Å². The topological polar surface area (TPSA) is 9.23 Å². The molecule has 3 heteroatoms. The zero-order valence-corrected chi connectivity index (χ0v) is 8.93. The highest BCUT2D eigenvalue weighted by Crippen LogP contribution is 2.21. The van der Waals surface area contributed by atoms with Gasteiger partial charge in [-0.3, -0.25) is 0 Å². The van der Waals surface area contributed by atoms with Gasteiger partial charge in [-0.2, -0.15) is 0 Å². The van der Waals surface area contributed by atoms with E-state index in [1.165, 1.54) is 12.1 Å². The molecule has 0 saturated heterocycles. The third kappa shape index (κ3) is 3.28. The molecule has 0 radical (unpaired) electrons. The fourth-order valence-electron chi connectivity index (χ4n) is 1.33. The molecule has 1 nitrogen and oxygen atoms in total. The summed E-state index contributed by atoms with van der Waals surface area (Å²) in [6, 6.07) is 6.47. The second-order valence-electron chi connectivity index (χ2n) is 3.18. The minimum atomic E-state index is -0.214. The molecule has 1 unspecified atom stereocenters. The largest absolute Gasteiger partial charge is 0.385 e. The van der Waals surface area contributed by atoms with E-state index in [2.05, 4.69) is 0 Å². The van der Waals surface area contributed by atoms with Crippen molar-refractivity contribution in [3.05, 3.63) is 35.6 Å². The van der Waals surface area contributed by atoms with Crippen molar-refractivity contribution in [2.45, 2.75) is 12.3 Å². The van der Waals surface area contributed by atoms with E-state index in [-0.39, 0.29) is 11.7 Å². The van der Waals surface area contributed by atoms with Crippen LogP contribution >= 0.6 is 11.6 Å². The first kappa shape index (κ1) is 11.5. The molecule has 0 aliphatic heterocycles. The van der Waals surface area contributed by atoms with Crippen LogP contribution in [-0.2, 0) is 4.74 Å². The number of methoxy groups -OCH3 is 1. The zero-order valence-electron chi connectivity index (χ0n) is 8.17. The van der Waals surface area contributed by atoms with E-state index < -0.39 is 0 Å². The molecule has 0 aliphatic rings. The summed E-state index contributed by atoms with van der Waals surface area (Å²) < 4.78 is 17.6. The SMILES string of the molecule is COCCC(CCl)c1ccc(F)cc1. The fourth-order valence-corrected chi connectivity index (χ4v) is 1.66. The van der Waals surface area contributed by atoms with E-state index in [4.69, 9.17) is 16.3 Å². The molecule has 1 rings (SSSR count). The van der Waals surface area contributed by atoms with E-state index in [1.807, 2.05) is 0 Å². The van der Waals surface area contributed by atoms with Crippen molar-refractivity contribution in [2.24, 2.45) is 0 Å². The number of rotatable bonds is 5. The monoisotopic (exact) mass is 216 g/mol. The normalized spacial score (nSPS) is 12.8. The average Bonchev–Trinajstić information content (AvgIpc) is 2.21. The summed E-state index contributed by atoms with van der Waals surface area (Å²) >= 11 is 5.83. The maximum atomic E-state index is 12.6. The molecule has 78 valence electrons. The highest BCUT2D eigenvalue weighted by molar-refractivity contribution is 6.18. The van der Waals surface area contributed by atoms with Crippen molar-refractivity contribution >= 4 is 11.6 Å². The summed E-state index contributed by atoms with van der Waals surface area (Å²) in [5.74, 6) is 0.570. The Labute approximate surface area is 88.8 Å². The third-order valence-corrected chi connectivity index (χ3v) is 2.57. The Morgan fingerprint density at radius 3 is 2.50 bits per heavy atom. The van der Waals surface area contributed by atoms with Crippen molar-refractivity contribution in [1.29, 1.82) is 0 Å². The predicted octanol–water partition coefficient (Wildman–Crippen LogP) is 3.18. The number of hydrogen-bond acceptors (Lipinski definition) is 1. The van der Waals surface area contributed by atoms with E-state index in [9.17, 15) is 4.39 Å². The van der Waals surface area contributed by atoms with Crippen molar-refractivity contribution < 1.29 is 9.13 Å². The molecule has 0 aromatic heterocycles. The second kappa shape index (κ2) is 5.99. The maximum absolute atomic E-state index is 12.6. The Balaban J connectivity index is 2.64. The summed E-state index contributed by atoms with van der Waals surface area (Å²) in [6.45, 7) is 0.675. The van der Waals surface area contributed by atoms with Crippen LogP contribution in [0, 0.1) is 5.82 Å². The third-order valence-electron chi connectivity index (χ3n) is 2.20. The lowest BCUT2D eigenvalue weighted by atomic mass is 9.98. The van der Waals surface area contributed by atoms with Gasteiger partial charge in [-0.25, -0.2) is 4.39 Å². The lowest BCUT2D eigenvalue weighted by molar-refractivity contribution is 0.189. The van der Waals surface area contributed by atoms with Gasteiger partial charge in [-0.15, -0.1) is 11.6 Å². The van der Waals surface area contributed by atoms with E-state index >= 15 is 0 Å². The first-order valence-electron chi connectivity index (χ1n) is 4.58. The van der Waals surface area contributed by atoms with Crippen molar-refractivity contribution in [3.8, 4) is 0 Å². The molecule has 0 amide bonds.